The van der Waals surface area contributed by atoms with Crippen molar-refractivity contribution >= 4 is 29.3 Å². The van der Waals surface area contributed by atoms with E-state index in [9.17, 15) is 14.7 Å². The first-order valence-electron chi connectivity index (χ1n) is 8.55. The Hall–Kier alpha value is -3.28. The number of aromatic hydroxyl groups is 1. The molecule has 0 spiro atoms. The largest absolute Gasteiger partial charge is 0.507 e. The summed E-state index contributed by atoms with van der Waals surface area (Å²) < 4.78 is 0. The Balaban J connectivity index is 1.90. The summed E-state index contributed by atoms with van der Waals surface area (Å²) in [6.45, 7) is 5.72. The van der Waals surface area contributed by atoms with Crippen molar-refractivity contribution in [1.82, 2.24) is 5.43 Å². The van der Waals surface area contributed by atoms with Gasteiger partial charge in [-0.15, -0.1) is 0 Å². The molecule has 1 saturated heterocycles. The minimum absolute atomic E-state index is 0.0141. The van der Waals surface area contributed by atoms with Crippen LogP contribution in [-0.2, 0) is 9.59 Å². The van der Waals surface area contributed by atoms with Gasteiger partial charge in [0, 0.05) is 30.4 Å². The third-order valence-corrected chi connectivity index (χ3v) is 4.35. The smallest absolute Gasteiger partial charge is 0.282 e. The van der Waals surface area contributed by atoms with E-state index < -0.39 is 11.8 Å². The summed E-state index contributed by atoms with van der Waals surface area (Å²) in [6.07, 6.45) is 1.42. The van der Waals surface area contributed by atoms with E-state index in [0.29, 0.717) is 11.3 Å². The van der Waals surface area contributed by atoms with Crippen molar-refractivity contribution < 1.29 is 14.7 Å². The molecule has 1 aliphatic heterocycles. The lowest BCUT2D eigenvalue weighted by Crippen LogP contribution is -2.35. The number of carbonyl (C=O) groups excluding carboxylic acids is 2. The summed E-state index contributed by atoms with van der Waals surface area (Å²) in [5, 5.41) is 11.5. The molecule has 2 amide bonds. The van der Waals surface area contributed by atoms with Crippen molar-refractivity contribution in [3.05, 3.63) is 59.7 Å². The summed E-state index contributed by atoms with van der Waals surface area (Å²) in [4.78, 5) is 26.9. The molecule has 26 heavy (non-hydrogen) atoms. The molecule has 0 radical (unpaired) electrons. The number of hydrazine groups is 1. The molecule has 1 aliphatic rings. The molecule has 0 saturated carbocycles. The Kier molecular flexibility index (Phi) is 4.93. The zero-order valence-electron chi connectivity index (χ0n) is 14.8. The fourth-order valence-corrected chi connectivity index (χ4v) is 2.91. The minimum atomic E-state index is -0.494. The molecule has 2 aromatic rings. The number of rotatable bonds is 5. The molecule has 0 atom stereocenters. The van der Waals surface area contributed by atoms with Gasteiger partial charge in [0.25, 0.3) is 11.8 Å². The number of hydrogen-bond acceptors (Lipinski definition) is 4. The number of anilines is 2. The van der Waals surface area contributed by atoms with Crippen LogP contribution in [0.2, 0.25) is 0 Å². The molecule has 3 rings (SSSR count). The number of benzene rings is 2. The van der Waals surface area contributed by atoms with Gasteiger partial charge in [-0.2, -0.15) is 0 Å². The number of amides is 2. The van der Waals surface area contributed by atoms with Crippen LogP contribution in [0.3, 0.4) is 0 Å². The van der Waals surface area contributed by atoms with Crippen molar-refractivity contribution in [2.24, 2.45) is 0 Å². The van der Waals surface area contributed by atoms with Gasteiger partial charge in [-0.3, -0.25) is 15.0 Å². The highest BCUT2D eigenvalue weighted by molar-refractivity contribution is 6.31. The van der Waals surface area contributed by atoms with Crippen molar-refractivity contribution in [3.63, 3.8) is 0 Å². The maximum absolute atomic E-state index is 12.6. The van der Waals surface area contributed by atoms with E-state index in [0.717, 1.165) is 18.8 Å². The van der Waals surface area contributed by atoms with Gasteiger partial charge in [-0.25, -0.2) is 5.01 Å². The van der Waals surface area contributed by atoms with Gasteiger partial charge in [0.05, 0.1) is 5.69 Å². The Morgan fingerprint density at radius 1 is 1.08 bits per heavy atom. The van der Waals surface area contributed by atoms with E-state index in [1.165, 1.54) is 11.1 Å². The third-order valence-electron chi connectivity index (χ3n) is 4.35. The van der Waals surface area contributed by atoms with Gasteiger partial charge < -0.3 is 10.0 Å². The first kappa shape index (κ1) is 17.5. The molecule has 2 aromatic carbocycles. The highest BCUT2D eigenvalue weighted by Crippen LogP contribution is 2.28. The second kappa shape index (κ2) is 7.31. The number of para-hydroxylation sites is 1. The number of phenols is 1. The van der Waals surface area contributed by atoms with E-state index in [4.69, 9.17) is 0 Å². The quantitative estimate of drug-likeness (QED) is 0.642. The topological polar surface area (TPSA) is 72.9 Å². The van der Waals surface area contributed by atoms with Crippen molar-refractivity contribution in [1.29, 1.82) is 0 Å². The van der Waals surface area contributed by atoms with Crippen molar-refractivity contribution in [2.45, 2.75) is 13.8 Å². The average Bonchev–Trinajstić information content (AvgIpc) is 2.93. The van der Waals surface area contributed by atoms with Crippen LogP contribution in [0.15, 0.2) is 54.1 Å². The van der Waals surface area contributed by atoms with E-state index >= 15 is 0 Å². The van der Waals surface area contributed by atoms with E-state index in [1.807, 2.05) is 26.0 Å². The Labute approximate surface area is 152 Å². The number of nitrogens with one attached hydrogen (secondary N) is 1. The molecule has 2 N–H and O–H groups in total. The first-order valence-corrected chi connectivity index (χ1v) is 8.55. The van der Waals surface area contributed by atoms with Crippen LogP contribution in [-0.4, -0.2) is 30.0 Å². The Morgan fingerprint density at radius 2 is 1.77 bits per heavy atom. The van der Waals surface area contributed by atoms with Gasteiger partial charge in [-0.05, 0) is 44.2 Å². The number of nitrogens with zero attached hydrogens (tertiary/aromatic N) is 2. The molecule has 0 unspecified atom stereocenters. The van der Waals surface area contributed by atoms with Crippen LogP contribution in [0.1, 0.15) is 19.4 Å². The molecular formula is C20H21N3O3. The second-order valence-electron chi connectivity index (χ2n) is 5.89. The normalized spacial score (nSPS) is 15.5. The molecule has 0 aromatic heterocycles. The molecule has 134 valence electrons. The van der Waals surface area contributed by atoms with Crippen molar-refractivity contribution in [2.75, 3.05) is 23.0 Å². The van der Waals surface area contributed by atoms with Gasteiger partial charge >= 0.3 is 0 Å². The van der Waals surface area contributed by atoms with Crippen molar-refractivity contribution in [3.8, 4) is 5.75 Å². The van der Waals surface area contributed by atoms with Gasteiger partial charge in [0.1, 0.15) is 11.3 Å². The van der Waals surface area contributed by atoms with E-state index in [1.54, 1.807) is 36.4 Å². The lowest BCUT2D eigenvalue weighted by atomic mass is 10.1. The van der Waals surface area contributed by atoms with Gasteiger partial charge in [0.15, 0.2) is 0 Å². The van der Waals surface area contributed by atoms with Crippen LogP contribution >= 0.6 is 0 Å². The van der Waals surface area contributed by atoms with E-state index in [2.05, 4.69) is 10.3 Å². The lowest BCUT2D eigenvalue weighted by Gasteiger charge is -2.21. The van der Waals surface area contributed by atoms with E-state index in [-0.39, 0.29) is 11.3 Å². The molecule has 1 fully saturated rings. The zero-order chi connectivity index (χ0) is 18.7. The summed E-state index contributed by atoms with van der Waals surface area (Å²) in [7, 11) is 0. The standard InChI is InChI=1S/C20H21N3O3/c1-3-22(4-2)16-11-10-14(18(24)13-16)12-17-19(25)21-23(20(17)26)15-8-6-5-7-9-15/h5-13,24H,3-4H2,1-2H3,(H,21,25)/b17-12+. The minimum Gasteiger partial charge on any atom is -0.507 e. The molecule has 0 bridgehead atoms. The monoisotopic (exact) mass is 351 g/mol. The molecular weight excluding hydrogens is 330 g/mol. The number of phenolic OH excluding ortho intramolecular Hbond substituents is 1. The Bertz CT molecular complexity index is 858. The van der Waals surface area contributed by atoms with Crippen LogP contribution in [0.25, 0.3) is 6.08 Å². The maximum Gasteiger partial charge on any atom is 0.282 e. The number of carbonyl (C=O) groups is 2. The highest BCUT2D eigenvalue weighted by Gasteiger charge is 2.34. The summed E-state index contributed by atoms with van der Waals surface area (Å²) in [6, 6.07) is 14.1. The molecule has 0 aliphatic carbocycles. The Morgan fingerprint density at radius 3 is 2.38 bits per heavy atom. The highest BCUT2D eigenvalue weighted by atomic mass is 16.3. The van der Waals surface area contributed by atoms with Gasteiger partial charge in [-0.1, -0.05) is 18.2 Å². The predicted molar refractivity (Wildman–Crippen MR) is 102 cm³/mol. The van der Waals surface area contributed by atoms with Crippen LogP contribution < -0.4 is 15.3 Å². The van der Waals surface area contributed by atoms with Crippen LogP contribution in [0.5, 0.6) is 5.75 Å². The average molecular weight is 351 g/mol. The van der Waals surface area contributed by atoms with Gasteiger partial charge in [0.2, 0.25) is 0 Å². The lowest BCUT2D eigenvalue weighted by molar-refractivity contribution is -0.117. The fourth-order valence-electron chi connectivity index (χ4n) is 2.91. The first-order chi connectivity index (χ1) is 12.5. The number of hydrogen-bond donors (Lipinski definition) is 2. The predicted octanol–water partition coefficient (Wildman–Crippen LogP) is 2.70. The maximum atomic E-state index is 12.6. The molecule has 6 nitrogen and oxygen atoms in total. The third kappa shape index (κ3) is 3.26. The zero-order valence-corrected chi connectivity index (χ0v) is 14.8. The summed E-state index contributed by atoms with van der Waals surface area (Å²) in [5.41, 5.74) is 4.43. The summed E-state index contributed by atoms with van der Waals surface area (Å²) in [5.74, 6) is -0.917. The second-order valence-corrected chi connectivity index (χ2v) is 5.89. The fraction of sp³-hybridized carbons (Fsp3) is 0.200. The molecule has 6 heteroatoms. The van der Waals surface area contributed by atoms with Crippen LogP contribution in [0.4, 0.5) is 11.4 Å². The summed E-state index contributed by atoms with van der Waals surface area (Å²) >= 11 is 0. The van der Waals surface area contributed by atoms with Crippen LogP contribution in [0, 0.1) is 0 Å². The molecule has 1 heterocycles. The SMILES string of the molecule is CCN(CC)c1ccc(/C=C2\C(=O)NN(c3ccccc3)C2=O)c(O)c1.